The largest absolute Gasteiger partial charge is 0.494 e. The maximum Gasteiger partial charge on any atom is 0.240 e. The van der Waals surface area contributed by atoms with Crippen LogP contribution in [0, 0.1) is 11.7 Å². The van der Waals surface area contributed by atoms with Gasteiger partial charge in [0.2, 0.25) is 5.91 Å². The molecule has 1 atom stereocenters. The number of aromatic nitrogens is 3. The highest BCUT2D eigenvalue weighted by Gasteiger charge is 2.15. The van der Waals surface area contributed by atoms with Crippen LogP contribution in [0.15, 0.2) is 48.5 Å². The van der Waals surface area contributed by atoms with Crippen LogP contribution in [0.2, 0.25) is 0 Å². The number of carbonyl (C=O) groups excluding carboxylic acids is 1. The lowest BCUT2D eigenvalue weighted by Crippen LogP contribution is -2.30. The van der Waals surface area contributed by atoms with E-state index in [1.807, 2.05) is 69.3 Å². The maximum atomic E-state index is 12.6. The molecule has 146 valence electrons. The lowest BCUT2D eigenvalue weighted by Gasteiger charge is -2.16. The highest BCUT2D eigenvalue weighted by atomic mass is 32.1. The molecule has 0 aliphatic rings. The van der Waals surface area contributed by atoms with E-state index >= 15 is 0 Å². The van der Waals surface area contributed by atoms with Crippen molar-refractivity contribution in [2.75, 3.05) is 6.61 Å². The number of nitrogens with zero attached hydrogens (tertiary/aromatic N) is 2. The van der Waals surface area contributed by atoms with Crippen molar-refractivity contribution in [1.82, 2.24) is 20.1 Å². The first-order chi connectivity index (χ1) is 13.5. The Bertz CT molecular complexity index is 990. The Labute approximate surface area is 169 Å². The third-order valence-electron chi connectivity index (χ3n) is 4.44. The van der Waals surface area contributed by atoms with Crippen LogP contribution in [0.25, 0.3) is 11.4 Å². The second kappa shape index (κ2) is 8.84. The predicted molar refractivity (Wildman–Crippen MR) is 112 cm³/mol. The third-order valence-corrected chi connectivity index (χ3v) is 4.75. The average molecular weight is 397 g/mol. The fourth-order valence-electron chi connectivity index (χ4n) is 2.92. The molecule has 0 saturated heterocycles. The zero-order valence-corrected chi connectivity index (χ0v) is 17.0. The molecule has 1 aromatic heterocycles. The average Bonchev–Trinajstić information content (AvgIpc) is 3.03. The van der Waals surface area contributed by atoms with Gasteiger partial charge in [0.15, 0.2) is 10.6 Å². The minimum absolute atomic E-state index is 0.0971. The van der Waals surface area contributed by atoms with Crippen LogP contribution in [-0.4, -0.2) is 27.3 Å². The molecule has 0 spiro atoms. The number of ether oxygens (including phenoxy) is 1. The summed E-state index contributed by atoms with van der Waals surface area (Å²) in [6.07, 6.45) is 0. The van der Waals surface area contributed by atoms with E-state index in [0.29, 0.717) is 17.2 Å². The van der Waals surface area contributed by atoms with Gasteiger partial charge in [0.05, 0.1) is 12.6 Å². The minimum Gasteiger partial charge on any atom is -0.494 e. The van der Waals surface area contributed by atoms with Crippen LogP contribution in [-0.2, 0) is 11.3 Å². The molecular weight excluding hydrogens is 372 g/mol. The van der Waals surface area contributed by atoms with Crippen LogP contribution in [0.4, 0.5) is 0 Å². The number of aryl methyl sites for hydroxylation is 1. The lowest BCUT2D eigenvalue weighted by molar-refractivity contribution is -0.122. The van der Waals surface area contributed by atoms with Gasteiger partial charge in [0.1, 0.15) is 12.3 Å². The molecular formula is C21H24N4O2S. The SMILES string of the molecule is CCOc1ccc(C(C)NC(=O)Cn2c(-c3ccc(C)cc3)n[nH]c2=S)cc1. The summed E-state index contributed by atoms with van der Waals surface area (Å²) in [4.78, 5) is 12.6. The monoisotopic (exact) mass is 396 g/mol. The molecule has 0 aliphatic heterocycles. The van der Waals surface area contributed by atoms with E-state index in [-0.39, 0.29) is 18.5 Å². The molecule has 0 radical (unpaired) electrons. The maximum absolute atomic E-state index is 12.6. The highest BCUT2D eigenvalue weighted by Crippen LogP contribution is 2.19. The lowest BCUT2D eigenvalue weighted by atomic mass is 10.1. The van der Waals surface area contributed by atoms with Crippen LogP contribution < -0.4 is 10.1 Å². The Morgan fingerprint density at radius 1 is 1.21 bits per heavy atom. The van der Waals surface area contributed by atoms with Gasteiger partial charge in [-0.25, -0.2) is 0 Å². The smallest absolute Gasteiger partial charge is 0.240 e. The quantitative estimate of drug-likeness (QED) is 0.588. The molecule has 7 heteroatoms. The number of aromatic amines is 1. The van der Waals surface area contributed by atoms with Gasteiger partial charge in [-0.1, -0.05) is 42.0 Å². The van der Waals surface area contributed by atoms with Gasteiger partial charge in [-0.15, -0.1) is 0 Å². The van der Waals surface area contributed by atoms with E-state index in [1.54, 1.807) is 4.57 Å². The van der Waals surface area contributed by atoms with Crippen LogP contribution in [0.1, 0.15) is 31.0 Å². The number of hydrogen-bond acceptors (Lipinski definition) is 4. The number of H-pyrrole nitrogens is 1. The molecule has 1 unspecified atom stereocenters. The van der Waals surface area contributed by atoms with Crippen molar-refractivity contribution in [2.24, 2.45) is 0 Å². The fraction of sp³-hybridized carbons (Fsp3) is 0.286. The Morgan fingerprint density at radius 3 is 2.54 bits per heavy atom. The summed E-state index contributed by atoms with van der Waals surface area (Å²) in [5.74, 6) is 1.33. The van der Waals surface area contributed by atoms with E-state index in [9.17, 15) is 4.79 Å². The van der Waals surface area contributed by atoms with Crippen molar-refractivity contribution in [1.29, 1.82) is 0 Å². The summed E-state index contributed by atoms with van der Waals surface area (Å²) in [5, 5.41) is 10.1. The first-order valence-electron chi connectivity index (χ1n) is 9.22. The summed E-state index contributed by atoms with van der Waals surface area (Å²) in [5.41, 5.74) is 3.07. The standard InChI is InChI=1S/C21H24N4O2S/c1-4-27-18-11-9-16(10-12-18)15(3)22-19(26)13-25-20(23-24-21(25)28)17-7-5-14(2)6-8-17/h5-12,15H,4,13H2,1-3H3,(H,22,26)(H,24,28). The van der Waals surface area contributed by atoms with Gasteiger partial charge in [-0.3, -0.25) is 14.5 Å². The molecule has 2 aromatic carbocycles. The van der Waals surface area contributed by atoms with Gasteiger partial charge >= 0.3 is 0 Å². The zero-order valence-electron chi connectivity index (χ0n) is 16.2. The third kappa shape index (κ3) is 4.67. The number of carbonyl (C=O) groups is 1. The summed E-state index contributed by atoms with van der Waals surface area (Å²) in [7, 11) is 0. The van der Waals surface area contributed by atoms with Crippen molar-refractivity contribution < 1.29 is 9.53 Å². The van der Waals surface area contributed by atoms with Crippen molar-refractivity contribution in [3.63, 3.8) is 0 Å². The highest BCUT2D eigenvalue weighted by molar-refractivity contribution is 7.71. The van der Waals surface area contributed by atoms with E-state index < -0.39 is 0 Å². The zero-order chi connectivity index (χ0) is 20.1. The van der Waals surface area contributed by atoms with Gasteiger partial charge in [0, 0.05) is 5.56 Å². The minimum atomic E-state index is -0.132. The number of rotatable bonds is 7. The molecule has 1 heterocycles. The number of nitrogens with one attached hydrogen (secondary N) is 2. The van der Waals surface area contributed by atoms with Crippen molar-refractivity contribution in [3.8, 4) is 17.1 Å². The Morgan fingerprint density at radius 2 is 1.89 bits per heavy atom. The summed E-state index contributed by atoms with van der Waals surface area (Å²) in [6, 6.07) is 15.5. The second-order valence-corrected chi connectivity index (χ2v) is 6.98. The summed E-state index contributed by atoms with van der Waals surface area (Å²) < 4.78 is 7.58. The van der Waals surface area contributed by atoms with Gasteiger partial charge in [-0.2, -0.15) is 5.10 Å². The summed E-state index contributed by atoms with van der Waals surface area (Å²) in [6.45, 7) is 6.64. The van der Waals surface area contributed by atoms with E-state index in [1.165, 1.54) is 0 Å². The summed E-state index contributed by atoms with van der Waals surface area (Å²) >= 11 is 5.31. The molecule has 1 amide bonds. The first-order valence-corrected chi connectivity index (χ1v) is 9.63. The van der Waals surface area contributed by atoms with Crippen molar-refractivity contribution >= 4 is 18.1 Å². The first kappa shape index (κ1) is 19.8. The van der Waals surface area contributed by atoms with E-state index in [0.717, 1.165) is 22.4 Å². The number of amides is 1. The molecule has 3 aromatic rings. The molecule has 3 rings (SSSR count). The van der Waals surface area contributed by atoms with Gasteiger partial charge < -0.3 is 10.1 Å². The number of benzene rings is 2. The van der Waals surface area contributed by atoms with E-state index in [2.05, 4.69) is 15.5 Å². The van der Waals surface area contributed by atoms with Gasteiger partial charge in [-0.05, 0) is 50.7 Å². The molecule has 2 N–H and O–H groups in total. The Hall–Kier alpha value is -2.93. The topological polar surface area (TPSA) is 71.9 Å². The van der Waals surface area contributed by atoms with Crippen molar-refractivity contribution in [3.05, 3.63) is 64.4 Å². The van der Waals surface area contributed by atoms with Crippen LogP contribution in [0.3, 0.4) is 0 Å². The van der Waals surface area contributed by atoms with E-state index in [4.69, 9.17) is 17.0 Å². The van der Waals surface area contributed by atoms with Crippen LogP contribution in [0.5, 0.6) is 5.75 Å². The molecule has 0 saturated carbocycles. The molecule has 0 fully saturated rings. The molecule has 0 bridgehead atoms. The fourth-order valence-corrected chi connectivity index (χ4v) is 3.12. The molecule has 28 heavy (non-hydrogen) atoms. The number of hydrogen-bond donors (Lipinski definition) is 2. The predicted octanol–water partition coefficient (Wildman–Crippen LogP) is 4.19. The second-order valence-electron chi connectivity index (χ2n) is 6.60. The molecule has 0 aliphatic carbocycles. The van der Waals surface area contributed by atoms with Crippen molar-refractivity contribution in [2.45, 2.75) is 33.4 Å². The van der Waals surface area contributed by atoms with Crippen LogP contribution >= 0.6 is 12.2 Å². The molecule has 6 nitrogen and oxygen atoms in total. The Kier molecular flexibility index (Phi) is 6.26. The Balaban J connectivity index is 1.70. The van der Waals surface area contributed by atoms with Gasteiger partial charge in [0.25, 0.3) is 0 Å². The normalized spacial score (nSPS) is 11.8.